The van der Waals surface area contributed by atoms with E-state index in [9.17, 15) is 8.42 Å². The third kappa shape index (κ3) is 4.36. The molecule has 0 saturated heterocycles. The van der Waals surface area contributed by atoms with Crippen molar-refractivity contribution in [2.75, 3.05) is 12.4 Å². The Morgan fingerprint density at radius 3 is 2.12 bits per heavy atom. The molecular weight excluding hydrogens is 240 g/mol. The average Bonchev–Trinajstić information content (AvgIpc) is 2.15. The molecule has 0 heterocycles. The molecule has 1 aromatic rings. The van der Waals surface area contributed by atoms with Crippen LogP contribution in [0.25, 0.3) is 0 Å². The molecule has 1 rings (SSSR count). The lowest BCUT2D eigenvalue weighted by molar-refractivity contribution is 0.131. The Labute approximate surface area is 102 Å². The molecule has 1 aromatic carbocycles. The van der Waals surface area contributed by atoms with Gasteiger partial charge in [0.2, 0.25) is 0 Å². The Balaban J connectivity index is 2.89. The van der Waals surface area contributed by atoms with Crippen molar-refractivity contribution in [2.24, 2.45) is 0 Å². The molecule has 0 radical (unpaired) electrons. The second-order valence-corrected chi connectivity index (χ2v) is 6.84. The van der Waals surface area contributed by atoms with Gasteiger partial charge in [-0.1, -0.05) is 0 Å². The molecule has 0 spiro atoms. The fourth-order valence-corrected chi connectivity index (χ4v) is 2.33. The second kappa shape index (κ2) is 5.06. The predicted molar refractivity (Wildman–Crippen MR) is 66.0 cm³/mol. The van der Waals surface area contributed by atoms with E-state index in [1.54, 1.807) is 12.1 Å². The zero-order valence-electron chi connectivity index (χ0n) is 10.3. The van der Waals surface area contributed by atoms with Crippen molar-refractivity contribution in [3.05, 3.63) is 24.3 Å². The number of hydrogen-bond acceptors (Lipinski definition) is 4. The molecule has 0 fully saturated rings. The summed E-state index contributed by atoms with van der Waals surface area (Å²) >= 11 is 0. The molecular formula is C12H18O4S. The molecule has 4 nitrogen and oxygen atoms in total. The van der Waals surface area contributed by atoms with Gasteiger partial charge in [-0.3, -0.25) is 0 Å². The fourth-order valence-electron chi connectivity index (χ4n) is 1.31. The molecule has 5 heteroatoms. The number of aliphatic hydroxyl groups is 1. The van der Waals surface area contributed by atoms with Gasteiger partial charge in [0.1, 0.15) is 11.4 Å². The normalized spacial score (nSPS) is 12.5. The van der Waals surface area contributed by atoms with Crippen molar-refractivity contribution in [2.45, 2.75) is 31.3 Å². The summed E-state index contributed by atoms with van der Waals surface area (Å²) in [7, 11) is -3.38. The van der Waals surface area contributed by atoms with Gasteiger partial charge in [-0.05, 0) is 45.0 Å². The van der Waals surface area contributed by atoms with Gasteiger partial charge in [0.05, 0.1) is 17.3 Å². The number of benzene rings is 1. The van der Waals surface area contributed by atoms with Crippen LogP contribution in [0.15, 0.2) is 29.2 Å². The van der Waals surface area contributed by atoms with E-state index in [0.717, 1.165) is 0 Å². The molecule has 0 aliphatic carbocycles. The highest BCUT2D eigenvalue weighted by Crippen LogP contribution is 2.20. The Morgan fingerprint density at radius 1 is 1.18 bits per heavy atom. The standard InChI is InChI=1S/C12H18O4S/c1-12(2,3)16-10-4-6-11(7-5-10)17(14,15)9-8-13/h4-7,13H,8-9H2,1-3H3. The van der Waals surface area contributed by atoms with Crippen molar-refractivity contribution in [3.63, 3.8) is 0 Å². The summed E-state index contributed by atoms with van der Waals surface area (Å²) in [6, 6.07) is 6.23. The van der Waals surface area contributed by atoms with Crippen LogP contribution in [0.4, 0.5) is 0 Å². The molecule has 17 heavy (non-hydrogen) atoms. The molecule has 0 atom stereocenters. The Morgan fingerprint density at radius 2 is 1.71 bits per heavy atom. The summed E-state index contributed by atoms with van der Waals surface area (Å²) in [4.78, 5) is 0.202. The van der Waals surface area contributed by atoms with Gasteiger partial charge < -0.3 is 9.84 Å². The molecule has 0 aliphatic rings. The number of ether oxygens (including phenoxy) is 1. The largest absolute Gasteiger partial charge is 0.488 e. The first-order chi connectivity index (χ1) is 7.74. The monoisotopic (exact) mass is 258 g/mol. The topological polar surface area (TPSA) is 63.6 Å². The van der Waals surface area contributed by atoms with Crippen LogP contribution >= 0.6 is 0 Å². The third-order valence-electron chi connectivity index (χ3n) is 1.97. The molecule has 0 saturated carbocycles. The SMILES string of the molecule is CC(C)(C)Oc1ccc(S(=O)(=O)CCO)cc1. The lowest BCUT2D eigenvalue weighted by Crippen LogP contribution is -2.22. The molecule has 0 aromatic heterocycles. The summed E-state index contributed by atoms with van der Waals surface area (Å²) < 4.78 is 28.8. The number of rotatable bonds is 4. The maximum Gasteiger partial charge on any atom is 0.180 e. The zero-order chi connectivity index (χ0) is 13.1. The summed E-state index contributed by atoms with van der Waals surface area (Å²) in [6.45, 7) is 5.39. The second-order valence-electron chi connectivity index (χ2n) is 4.73. The van der Waals surface area contributed by atoms with Gasteiger partial charge >= 0.3 is 0 Å². The number of aliphatic hydroxyl groups excluding tert-OH is 1. The van der Waals surface area contributed by atoms with Crippen molar-refractivity contribution in [1.82, 2.24) is 0 Å². The maximum absolute atomic E-state index is 11.6. The summed E-state index contributed by atoms with van der Waals surface area (Å²) in [5.41, 5.74) is -0.314. The highest BCUT2D eigenvalue weighted by Gasteiger charge is 2.15. The van der Waals surface area contributed by atoms with Crippen LogP contribution in [0.3, 0.4) is 0 Å². The first kappa shape index (κ1) is 14.0. The molecule has 0 amide bonds. The lowest BCUT2D eigenvalue weighted by Gasteiger charge is -2.21. The molecule has 0 unspecified atom stereocenters. The summed E-state index contributed by atoms with van der Waals surface area (Å²) in [6.07, 6.45) is 0. The quantitative estimate of drug-likeness (QED) is 0.891. The third-order valence-corrected chi connectivity index (χ3v) is 3.68. The Hall–Kier alpha value is -1.07. The first-order valence-corrected chi connectivity index (χ1v) is 7.02. The smallest absolute Gasteiger partial charge is 0.180 e. The minimum atomic E-state index is -3.38. The van der Waals surface area contributed by atoms with Crippen molar-refractivity contribution in [1.29, 1.82) is 0 Å². The van der Waals surface area contributed by atoms with Gasteiger partial charge in [-0.2, -0.15) is 0 Å². The van der Waals surface area contributed by atoms with Gasteiger partial charge in [0, 0.05) is 0 Å². The van der Waals surface area contributed by atoms with Gasteiger partial charge in [-0.25, -0.2) is 8.42 Å². The van der Waals surface area contributed by atoms with Gasteiger partial charge in [-0.15, -0.1) is 0 Å². The minimum Gasteiger partial charge on any atom is -0.488 e. The maximum atomic E-state index is 11.6. The van der Waals surface area contributed by atoms with E-state index in [1.165, 1.54) is 12.1 Å². The highest BCUT2D eigenvalue weighted by atomic mass is 32.2. The average molecular weight is 258 g/mol. The van der Waals surface area contributed by atoms with Gasteiger partial charge in [0.15, 0.2) is 9.84 Å². The molecule has 96 valence electrons. The lowest BCUT2D eigenvalue weighted by atomic mass is 10.2. The Bertz CT molecular complexity index is 454. The summed E-state index contributed by atoms with van der Waals surface area (Å²) in [5, 5.41) is 8.67. The van der Waals surface area contributed by atoms with E-state index in [4.69, 9.17) is 9.84 Å². The van der Waals surface area contributed by atoms with E-state index in [2.05, 4.69) is 0 Å². The van der Waals surface area contributed by atoms with Crippen LogP contribution in [0.2, 0.25) is 0 Å². The van der Waals surface area contributed by atoms with Gasteiger partial charge in [0.25, 0.3) is 0 Å². The fraction of sp³-hybridized carbons (Fsp3) is 0.500. The number of hydrogen-bond donors (Lipinski definition) is 1. The van der Waals surface area contributed by atoms with Crippen LogP contribution < -0.4 is 4.74 Å². The van der Waals surface area contributed by atoms with Crippen LogP contribution in [-0.4, -0.2) is 31.5 Å². The van der Waals surface area contributed by atoms with E-state index >= 15 is 0 Å². The summed E-state index contributed by atoms with van der Waals surface area (Å²) in [5.74, 6) is 0.368. The van der Waals surface area contributed by atoms with E-state index in [1.807, 2.05) is 20.8 Å². The van der Waals surface area contributed by atoms with Crippen molar-refractivity contribution >= 4 is 9.84 Å². The zero-order valence-corrected chi connectivity index (χ0v) is 11.1. The molecule has 0 aliphatic heterocycles. The molecule has 0 bridgehead atoms. The van der Waals surface area contributed by atoms with E-state index in [0.29, 0.717) is 5.75 Å². The first-order valence-electron chi connectivity index (χ1n) is 5.37. The minimum absolute atomic E-state index is 0.202. The molecule has 1 N–H and O–H groups in total. The van der Waals surface area contributed by atoms with E-state index in [-0.39, 0.29) is 22.9 Å². The van der Waals surface area contributed by atoms with Crippen LogP contribution in [0.5, 0.6) is 5.75 Å². The van der Waals surface area contributed by atoms with Crippen LogP contribution in [0.1, 0.15) is 20.8 Å². The van der Waals surface area contributed by atoms with Crippen LogP contribution in [0, 0.1) is 0 Å². The van der Waals surface area contributed by atoms with E-state index < -0.39 is 9.84 Å². The number of sulfone groups is 1. The van der Waals surface area contributed by atoms with Crippen molar-refractivity contribution < 1.29 is 18.3 Å². The Kier molecular flexibility index (Phi) is 4.16. The van der Waals surface area contributed by atoms with Crippen molar-refractivity contribution in [3.8, 4) is 5.75 Å². The highest BCUT2D eigenvalue weighted by molar-refractivity contribution is 7.91. The van der Waals surface area contributed by atoms with Crippen LogP contribution in [-0.2, 0) is 9.84 Å². The predicted octanol–water partition coefficient (Wildman–Crippen LogP) is 1.63.